The van der Waals surface area contributed by atoms with E-state index >= 15 is 0 Å². The Labute approximate surface area is 96.1 Å². The van der Waals surface area contributed by atoms with Gasteiger partial charge in [-0.05, 0) is 11.8 Å². The van der Waals surface area contributed by atoms with Crippen LogP contribution in [-0.2, 0) is 7.05 Å². The van der Waals surface area contributed by atoms with E-state index in [1.54, 1.807) is 17.8 Å². The van der Waals surface area contributed by atoms with Crippen molar-refractivity contribution in [1.82, 2.24) is 24.7 Å². The van der Waals surface area contributed by atoms with Crippen LogP contribution in [0.4, 0.5) is 5.95 Å². The van der Waals surface area contributed by atoms with E-state index in [-0.39, 0.29) is 5.95 Å². The summed E-state index contributed by atoms with van der Waals surface area (Å²) >= 11 is 1.34. The molecule has 0 saturated carbocycles. The molecule has 2 heterocycles. The van der Waals surface area contributed by atoms with E-state index < -0.39 is 0 Å². The Balaban J connectivity index is 2.28. The third-order valence-electron chi connectivity index (χ3n) is 1.77. The molecule has 0 fully saturated rings. The van der Waals surface area contributed by atoms with Gasteiger partial charge in [-0.15, -0.1) is 0 Å². The molecular formula is C8H10N6OS. The predicted molar refractivity (Wildman–Crippen MR) is 58.1 cm³/mol. The maximum atomic E-state index is 5.54. The fourth-order valence-corrected chi connectivity index (χ4v) is 1.81. The minimum absolute atomic E-state index is 0.170. The number of ether oxygens (including phenoxy) is 1. The van der Waals surface area contributed by atoms with Gasteiger partial charge in [0.15, 0.2) is 5.16 Å². The number of nitrogens with zero attached hydrogens (tertiary/aromatic N) is 5. The van der Waals surface area contributed by atoms with Crippen molar-refractivity contribution in [3.8, 4) is 5.88 Å². The lowest BCUT2D eigenvalue weighted by Gasteiger charge is -2.03. The van der Waals surface area contributed by atoms with Gasteiger partial charge in [-0.1, -0.05) is 0 Å². The quantitative estimate of drug-likeness (QED) is 0.771. The number of hydrogen-bond acceptors (Lipinski definition) is 7. The molecule has 2 rings (SSSR count). The van der Waals surface area contributed by atoms with Gasteiger partial charge in [0.05, 0.1) is 7.11 Å². The van der Waals surface area contributed by atoms with Crippen molar-refractivity contribution in [3.63, 3.8) is 0 Å². The van der Waals surface area contributed by atoms with Crippen molar-refractivity contribution in [3.05, 3.63) is 12.4 Å². The highest BCUT2D eigenvalue weighted by molar-refractivity contribution is 7.99. The van der Waals surface area contributed by atoms with Gasteiger partial charge < -0.3 is 10.5 Å². The maximum absolute atomic E-state index is 5.54. The lowest BCUT2D eigenvalue weighted by atomic mass is 10.6. The first-order valence-electron chi connectivity index (χ1n) is 4.39. The summed E-state index contributed by atoms with van der Waals surface area (Å²) in [5, 5.41) is 5.35. The smallest absolute Gasteiger partial charge is 0.224 e. The lowest BCUT2D eigenvalue weighted by molar-refractivity contribution is 0.396. The summed E-state index contributed by atoms with van der Waals surface area (Å²) in [5.74, 6) is 0.598. The number of nitrogen functional groups attached to an aromatic ring is 1. The first kappa shape index (κ1) is 10.7. The van der Waals surface area contributed by atoms with Crippen LogP contribution in [0.3, 0.4) is 0 Å². The van der Waals surface area contributed by atoms with Crippen molar-refractivity contribution in [1.29, 1.82) is 0 Å². The van der Waals surface area contributed by atoms with Gasteiger partial charge in [-0.25, -0.2) is 14.6 Å². The molecular weight excluding hydrogens is 228 g/mol. The zero-order valence-electron chi connectivity index (χ0n) is 8.78. The summed E-state index contributed by atoms with van der Waals surface area (Å²) in [6, 6.07) is 1.69. The van der Waals surface area contributed by atoms with E-state index in [0.717, 1.165) is 5.16 Å². The van der Waals surface area contributed by atoms with Crippen LogP contribution in [0, 0.1) is 0 Å². The van der Waals surface area contributed by atoms with Crippen molar-refractivity contribution >= 4 is 17.7 Å². The summed E-state index contributed by atoms with van der Waals surface area (Å²) in [6.07, 6.45) is 1.48. The number of anilines is 1. The molecule has 0 amide bonds. The molecule has 2 aromatic heterocycles. The van der Waals surface area contributed by atoms with Crippen LogP contribution in [0.1, 0.15) is 0 Å². The highest BCUT2D eigenvalue weighted by Crippen LogP contribution is 2.25. The molecule has 0 aliphatic heterocycles. The first-order valence-corrected chi connectivity index (χ1v) is 5.21. The number of aromatic nitrogens is 5. The van der Waals surface area contributed by atoms with Crippen LogP contribution >= 0.6 is 11.8 Å². The average molecular weight is 238 g/mol. The molecule has 0 spiro atoms. The molecule has 0 bridgehead atoms. The van der Waals surface area contributed by atoms with Crippen molar-refractivity contribution in [2.75, 3.05) is 12.8 Å². The van der Waals surface area contributed by atoms with Gasteiger partial charge in [-0.2, -0.15) is 10.1 Å². The van der Waals surface area contributed by atoms with E-state index in [4.69, 9.17) is 10.5 Å². The third-order valence-corrected chi connectivity index (χ3v) is 2.74. The molecule has 7 nitrogen and oxygen atoms in total. The molecule has 0 unspecified atom stereocenters. The van der Waals surface area contributed by atoms with Crippen molar-refractivity contribution in [2.45, 2.75) is 10.2 Å². The highest BCUT2D eigenvalue weighted by atomic mass is 32.2. The molecule has 0 radical (unpaired) electrons. The minimum atomic E-state index is 0.170. The van der Waals surface area contributed by atoms with Crippen LogP contribution in [0.15, 0.2) is 22.6 Å². The Bertz CT molecular complexity index is 499. The molecule has 0 aliphatic rings. The number of hydrogen-bond donors (Lipinski definition) is 1. The fraction of sp³-hybridized carbons (Fsp3) is 0.250. The molecule has 84 valence electrons. The molecule has 2 N–H and O–H groups in total. The van der Waals surface area contributed by atoms with Crippen LogP contribution in [-0.4, -0.2) is 31.8 Å². The lowest BCUT2D eigenvalue weighted by Crippen LogP contribution is -1.99. The average Bonchev–Trinajstić information content (AvgIpc) is 2.63. The van der Waals surface area contributed by atoms with Crippen LogP contribution < -0.4 is 10.5 Å². The SMILES string of the molecule is COc1cc(Sc2ncnn2C)nc(N)n1. The standard InChI is InChI=1S/C8H10N6OS/c1-14-8(10-4-11-14)16-6-3-5(15-2)12-7(9)13-6/h3-4H,1-2H3,(H2,9,12,13). The zero-order valence-corrected chi connectivity index (χ0v) is 9.60. The van der Waals surface area contributed by atoms with Gasteiger partial charge >= 0.3 is 0 Å². The minimum Gasteiger partial charge on any atom is -0.481 e. The number of aryl methyl sites for hydroxylation is 1. The second-order valence-electron chi connectivity index (χ2n) is 2.88. The van der Waals surface area contributed by atoms with Crippen LogP contribution in [0.2, 0.25) is 0 Å². The maximum Gasteiger partial charge on any atom is 0.224 e. The van der Waals surface area contributed by atoms with Gasteiger partial charge in [0.1, 0.15) is 11.4 Å². The second kappa shape index (κ2) is 4.35. The number of rotatable bonds is 3. The van der Waals surface area contributed by atoms with E-state index in [9.17, 15) is 0 Å². The van der Waals surface area contributed by atoms with Crippen molar-refractivity contribution < 1.29 is 4.74 Å². The Morgan fingerprint density at radius 1 is 1.44 bits per heavy atom. The summed E-state index contributed by atoms with van der Waals surface area (Å²) in [5.41, 5.74) is 5.54. The van der Waals surface area contributed by atoms with Crippen molar-refractivity contribution in [2.24, 2.45) is 7.05 Å². The summed E-state index contributed by atoms with van der Waals surface area (Å²) < 4.78 is 6.65. The normalized spacial score (nSPS) is 10.4. The monoisotopic (exact) mass is 238 g/mol. The summed E-state index contributed by atoms with van der Waals surface area (Å²) in [4.78, 5) is 12.0. The van der Waals surface area contributed by atoms with Crippen LogP contribution in [0.25, 0.3) is 0 Å². The molecule has 2 aromatic rings. The predicted octanol–water partition coefficient (Wildman–Crippen LogP) is 0.347. The molecule has 8 heteroatoms. The fourth-order valence-electron chi connectivity index (χ4n) is 1.05. The molecule has 0 saturated heterocycles. The van der Waals surface area contributed by atoms with E-state index in [1.807, 2.05) is 0 Å². The Morgan fingerprint density at radius 3 is 2.88 bits per heavy atom. The Kier molecular flexibility index (Phi) is 2.91. The van der Waals surface area contributed by atoms with Gasteiger partial charge in [0.2, 0.25) is 11.8 Å². The van der Waals surface area contributed by atoms with Gasteiger partial charge in [-0.3, -0.25) is 0 Å². The number of nitrogens with two attached hydrogens (primary N) is 1. The third kappa shape index (κ3) is 2.22. The van der Waals surface area contributed by atoms with E-state index in [2.05, 4.69) is 20.1 Å². The molecule has 0 aromatic carbocycles. The highest BCUT2D eigenvalue weighted by Gasteiger charge is 2.08. The summed E-state index contributed by atoms with van der Waals surface area (Å²) in [7, 11) is 3.33. The topological polar surface area (TPSA) is 91.7 Å². The van der Waals surface area contributed by atoms with E-state index in [0.29, 0.717) is 10.9 Å². The van der Waals surface area contributed by atoms with E-state index in [1.165, 1.54) is 25.2 Å². The van der Waals surface area contributed by atoms with Crippen LogP contribution in [0.5, 0.6) is 5.88 Å². The zero-order chi connectivity index (χ0) is 11.5. The van der Waals surface area contributed by atoms with Gasteiger partial charge in [0.25, 0.3) is 0 Å². The van der Waals surface area contributed by atoms with Gasteiger partial charge in [0, 0.05) is 13.1 Å². The molecule has 0 aliphatic carbocycles. The second-order valence-corrected chi connectivity index (χ2v) is 3.86. The molecule has 16 heavy (non-hydrogen) atoms. The Morgan fingerprint density at radius 2 is 2.25 bits per heavy atom. The Hall–Kier alpha value is -1.83. The largest absolute Gasteiger partial charge is 0.481 e. The summed E-state index contributed by atoms with van der Waals surface area (Å²) in [6.45, 7) is 0. The molecule has 0 atom stereocenters. The first-order chi connectivity index (χ1) is 7.69. The number of methoxy groups -OCH3 is 1.